The van der Waals surface area contributed by atoms with Gasteiger partial charge in [-0.25, -0.2) is 15.0 Å². The zero-order chi connectivity index (χ0) is 36.3. The molecule has 0 fully saturated rings. The molecule has 0 saturated carbocycles. The smallest absolute Gasteiger partial charge is 0.122 e. The molecule has 4 aromatic heterocycles. The molecule has 0 N–H and O–H groups in total. The van der Waals surface area contributed by atoms with Crippen LogP contribution in [0.2, 0.25) is 0 Å². The van der Waals surface area contributed by atoms with Crippen molar-refractivity contribution in [1.29, 1.82) is 0 Å². The zero-order valence-corrected chi connectivity index (χ0v) is 29.5. The van der Waals surface area contributed by atoms with Crippen molar-refractivity contribution in [2.24, 2.45) is 0 Å². The molecule has 11 aromatic rings. The van der Waals surface area contributed by atoms with Crippen LogP contribution in [0.5, 0.6) is 0 Å². The van der Waals surface area contributed by atoms with Crippen LogP contribution in [0.15, 0.2) is 182 Å². The summed E-state index contributed by atoms with van der Waals surface area (Å²) in [7, 11) is 0. The van der Waals surface area contributed by atoms with Crippen LogP contribution in [0.25, 0.3) is 105 Å². The fraction of sp³-hybridized carbons (Fsp3) is 0. The summed E-state index contributed by atoms with van der Waals surface area (Å²) in [6.07, 6.45) is 0. The number of pyridine rings is 3. The average molecular weight is 703 g/mol. The molecule has 7 aromatic carbocycles. The van der Waals surface area contributed by atoms with Crippen molar-refractivity contribution in [2.45, 2.75) is 0 Å². The summed E-state index contributed by atoms with van der Waals surface area (Å²) in [4.78, 5) is 17.5. The molecule has 0 aliphatic heterocycles. The van der Waals surface area contributed by atoms with E-state index in [4.69, 9.17) is 25.1 Å². The highest BCUT2D eigenvalue weighted by Crippen LogP contribution is 2.41. The Labute approximate surface area is 316 Å². The fourth-order valence-electron chi connectivity index (χ4n) is 7.75. The Morgan fingerprint density at radius 3 is 1.65 bits per heavy atom. The average Bonchev–Trinajstić information content (AvgIpc) is 3.72. The quantitative estimate of drug-likeness (QED) is 0.167. The third kappa shape index (κ3) is 5.23. The van der Waals surface area contributed by atoms with Gasteiger partial charge in [0.15, 0.2) is 0 Å². The first-order valence-corrected chi connectivity index (χ1v) is 18.4. The van der Waals surface area contributed by atoms with Crippen LogP contribution in [0.4, 0.5) is 0 Å². The molecule has 4 heterocycles. The van der Waals surface area contributed by atoms with Crippen LogP contribution in [0.1, 0.15) is 0 Å². The van der Waals surface area contributed by atoms with E-state index in [1.165, 1.54) is 0 Å². The summed E-state index contributed by atoms with van der Waals surface area (Å²) in [5.41, 5.74) is 13.1. The molecule has 0 spiro atoms. The molecule has 0 unspecified atom stereocenters. The molecule has 11 rings (SSSR count). The predicted molar refractivity (Wildman–Crippen MR) is 224 cm³/mol. The van der Waals surface area contributed by atoms with E-state index >= 15 is 0 Å². The first-order chi connectivity index (χ1) is 27.2. The van der Waals surface area contributed by atoms with Gasteiger partial charge in [-0.15, -0.1) is 10.2 Å². The van der Waals surface area contributed by atoms with Gasteiger partial charge in [0.1, 0.15) is 11.0 Å². The van der Waals surface area contributed by atoms with Gasteiger partial charge in [-0.2, -0.15) is 4.80 Å². The number of fused-ring (bicyclic) bond motifs is 8. The lowest BCUT2D eigenvalue weighted by Crippen LogP contribution is -1.97. The van der Waals surface area contributed by atoms with Crippen LogP contribution < -0.4 is 0 Å². The molecular weight excluding hydrogens is 673 g/mol. The lowest BCUT2D eigenvalue weighted by molar-refractivity contribution is 0.766. The van der Waals surface area contributed by atoms with Crippen molar-refractivity contribution in [3.8, 4) is 50.6 Å². The van der Waals surface area contributed by atoms with E-state index in [1.54, 1.807) is 4.80 Å². The molecule has 0 aliphatic rings. The molecule has 55 heavy (non-hydrogen) atoms. The van der Waals surface area contributed by atoms with E-state index in [1.807, 2.05) is 60.7 Å². The fourth-order valence-corrected chi connectivity index (χ4v) is 7.75. The molecule has 0 atom stereocenters. The summed E-state index contributed by atoms with van der Waals surface area (Å²) in [6, 6.07) is 62.6. The van der Waals surface area contributed by atoms with Gasteiger partial charge in [-0.3, -0.25) is 0 Å². The number of benzene rings is 7. The van der Waals surface area contributed by atoms with E-state index in [9.17, 15) is 0 Å². The largest absolute Gasteiger partial charge is 0.247 e. The second-order valence-electron chi connectivity index (χ2n) is 13.8. The lowest BCUT2D eigenvalue weighted by Gasteiger charge is -2.14. The summed E-state index contributed by atoms with van der Waals surface area (Å²) in [5, 5.41) is 15.5. The first-order valence-electron chi connectivity index (χ1n) is 18.4. The van der Waals surface area contributed by atoms with Crippen LogP contribution >= 0.6 is 0 Å². The topological polar surface area (TPSA) is 69.4 Å². The predicted octanol–water partition coefficient (Wildman–Crippen LogP) is 11.9. The van der Waals surface area contributed by atoms with E-state index in [0.29, 0.717) is 0 Å². The molecule has 0 radical (unpaired) electrons. The Kier molecular flexibility index (Phi) is 7.07. The van der Waals surface area contributed by atoms with Crippen molar-refractivity contribution in [3.05, 3.63) is 182 Å². The van der Waals surface area contributed by atoms with Crippen LogP contribution in [-0.4, -0.2) is 29.9 Å². The molecule has 0 saturated heterocycles. The SMILES string of the molecule is c1ccc(-c2ccc3ccc4ccc(-c5cccc(-c6nc7ccccc7c7c6cc(-c6ccccc6)c6nn(-c8ccccc8)nc67)c5)nc4c3n2)cc1. The summed E-state index contributed by atoms with van der Waals surface area (Å²) < 4.78 is 0. The van der Waals surface area contributed by atoms with Gasteiger partial charge < -0.3 is 0 Å². The maximum absolute atomic E-state index is 5.36. The minimum atomic E-state index is 0.835. The van der Waals surface area contributed by atoms with E-state index in [0.717, 1.165) is 105 Å². The number of aromatic nitrogens is 6. The molecule has 6 nitrogen and oxygen atoms in total. The first kappa shape index (κ1) is 31.0. The normalized spacial score (nSPS) is 11.6. The third-order valence-corrected chi connectivity index (χ3v) is 10.4. The Balaban J connectivity index is 1.13. The van der Waals surface area contributed by atoms with Crippen LogP contribution in [0.3, 0.4) is 0 Å². The van der Waals surface area contributed by atoms with Crippen LogP contribution in [-0.2, 0) is 0 Å². The number of hydrogen-bond acceptors (Lipinski definition) is 5. The lowest BCUT2D eigenvalue weighted by atomic mass is 9.93. The van der Waals surface area contributed by atoms with E-state index in [-0.39, 0.29) is 0 Å². The minimum absolute atomic E-state index is 0.835. The number of nitrogens with zero attached hydrogens (tertiary/aromatic N) is 6. The van der Waals surface area contributed by atoms with Crippen molar-refractivity contribution in [2.75, 3.05) is 0 Å². The Morgan fingerprint density at radius 1 is 0.364 bits per heavy atom. The molecular formula is C49H30N6. The number of hydrogen-bond donors (Lipinski definition) is 0. The van der Waals surface area contributed by atoms with E-state index < -0.39 is 0 Å². The second-order valence-corrected chi connectivity index (χ2v) is 13.8. The highest BCUT2D eigenvalue weighted by Gasteiger charge is 2.21. The monoisotopic (exact) mass is 702 g/mol. The summed E-state index contributed by atoms with van der Waals surface area (Å²) in [6.45, 7) is 0. The molecule has 0 bridgehead atoms. The number of para-hydroxylation sites is 2. The zero-order valence-electron chi connectivity index (χ0n) is 29.5. The standard InChI is InChI=1S/C49H30N6/c1-4-13-31(14-5-1)39-30-40-44(49-48(39)53-55(54-49)37-19-8-3-9-20-37)38-21-10-11-22-43(38)52-45(40)36-18-12-17-35(29-36)42-28-26-34-24-23-33-25-27-41(32-15-6-2-7-16-32)50-46(33)47(34)51-42/h1-30H. The third-order valence-electron chi connectivity index (χ3n) is 10.4. The minimum Gasteiger partial charge on any atom is -0.247 e. The Morgan fingerprint density at radius 2 is 0.927 bits per heavy atom. The van der Waals surface area contributed by atoms with Gasteiger partial charge in [0.25, 0.3) is 0 Å². The highest BCUT2D eigenvalue weighted by atomic mass is 15.5. The summed E-state index contributed by atoms with van der Waals surface area (Å²) in [5.74, 6) is 0. The van der Waals surface area contributed by atoms with Gasteiger partial charge in [0.2, 0.25) is 0 Å². The van der Waals surface area contributed by atoms with Gasteiger partial charge in [-0.1, -0.05) is 140 Å². The number of rotatable bonds is 5. The van der Waals surface area contributed by atoms with Crippen molar-refractivity contribution >= 4 is 54.5 Å². The molecule has 0 amide bonds. The second kappa shape index (κ2) is 12.5. The maximum atomic E-state index is 5.36. The Hall–Kier alpha value is -7.57. The van der Waals surface area contributed by atoms with Crippen molar-refractivity contribution in [1.82, 2.24) is 29.9 Å². The highest BCUT2D eigenvalue weighted by molar-refractivity contribution is 6.23. The Bertz CT molecular complexity index is 3250. The van der Waals surface area contributed by atoms with Gasteiger partial charge in [0.05, 0.1) is 39.3 Å². The van der Waals surface area contributed by atoms with Gasteiger partial charge >= 0.3 is 0 Å². The van der Waals surface area contributed by atoms with E-state index in [2.05, 4.69) is 121 Å². The van der Waals surface area contributed by atoms with Crippen molar-refractivity contribution < 1.29 is 0 Å². The van der Waals surface area contributed by atoms with Crippen LogP contribution in [0, 0.1) is 0 Å². The molecule has 0 aliphatic carbocycles. The van der Waals surface area contributed by atoms with Crippen molar-refractivity contribution in [3.63, 3.8) is 0 Å². The van der Waals surface area contributed by atoms with Gasteiger partial charge in [-0.05, 0) is 48.0 Å². The molecule has 6 heteroatoms. The molecule has 256 valence electrons. The maximum Gasteiger partial charge on any atom is 0.122 e. The van der Waals surface area contributed by atoms with Gasteiger partial charge in [0, 0.05) is 49.2 Å². The summed E-state index contributed by atoms with van der Waals surface area (Å²) >= 11 is 0.